The first kappa shape index (κ1) is 17.5. The Bertz CT molecular complexity index is 949. The molecule has 1 amide bonds. The predicted molar refractivity (Wildman–Crippen MR) is 103 cm³/mol. The van der Waals surface area contributed by atoms with E-state index in [1.54, 1.807) is 46.2 Å². The van der Waals surface area contributed by atoms with E-state index >= 15 is 0 Å². The molecule has 2 heterocycles. The summed E-state index contributed by atoms with van der Waals surface area (Å²) < 4.78 is 15.6. The Balaban J connectivity index is 1.43. The number of anilines is 1. The molecular weight excluding hydrogens is 367 g/mol. The second kappa shape index (κ2) is 7.40. The van der Waals surface area contributed by atoms with Crippen LogP contribution in [0.2, 0.25) is 5.02 Å². The molecule has 0 spiro atoms. The quantitative estimate of drug-likeness (QED) is 0.692. The molecule has 3 aromatic rings. The minimum Gasteiger partial charge on any atom is -0.366 e. The molecule has 0 aliphatic carbocycles. The first-order chi connectivity index (χ1) is 13.1. The van der Waals surface area contributed by atoms with Gasteiger partial charge in [0, 0.05) is 37.4 Å². The van der Waals surface area contributed by atoms with Crippen LogP contribution in [-0.4, -0.2) is 46.8 Å². The fraction of sp³-hybridized carbons (Fsp3) is 0.200. The Labute approximate surface area is 161 Å². The number of halogens is 2. The van der Waals surface area contributed by atoms with Crippen molar-refractivity contribution >= 4 is 23.2 Å². The van der Waals surface area contributed by atoms with E-state index in [9.17, 15) is 9.18 Å². The monoisotopic (exact) mass is 384 g/mol. The fourth-order valence-corrected chi connectivity index (χ4v) is 3.34. The van der Waals surface area contributed by atoms with Gasteiger partial charge in [-0.15, -0.1) is 0 Å². The van der Waals surface area contributed by atoms with Crippen molar-refractivity contribution in [2.45, 2.75) is 0 Å². The highest BCUT2D eigenvalue weighted by atomic mass is 35.5. The number of hydrogen-bond donors (Lipinski definition) is 0. The first-order valence-corrected chi connectivity index (χ1v) is 9.09. The van der Waals surface area contributed by atoms with E-state index in [4.69, 9.17) is 11.6 Å². The zero-order chi connectivity index (χ0) is 18.8. The van der Waals surface area contributed by atoms with Crippen LogP contribution in [0.4, 0.5) is 10.1 Å². The van der Waals surface area contributed by atoms with Gasteiger partial charge in [0.2, 0.25) is 0 Å². The highest BCUT2D eigenvalue weighted by Gasteiger charge is 2.24. The van der Waals surface area contributed by atoms with E-state index in [1.165, 1.54) is 6.07 Å². The van der Waals surface area contributed by atoms with Crippen LogP contribution < -0.4 is 4.90 Å². The number of carbonyl (C=O) groups excluding carboxylic acids is 1. The maximum atomic E-state index is 13.9. The lowest BCUT2D eigenvalue weighted by molar-refractivity contribution is 0.0746. The summed E-state index contributed by atoms with van der Waals surface area (Å²) in [5, 5.41) is 4.92. The van der Waals surface area contributed by atoms with Gasteiger partial charge in [-0.25, -0.2) is 9.07 Å². The molecule has 0 unspecified atom stereocenters. The SMILES string of the molecule is O=C(c1cnn(-c2ccc(Cl)cc2)c1)N1CCN(c2ccccc2F)CC1. The minimum atomic E-state index is -0.235. The Morgan fingerprint density at radius 2 is 1.70 bits per heavy atom. The Morgan fingerprint density at radius 1 is 1.00 bits per heavy atom. The van der Waals surface area contributed by atoms with E-state index in [2.05, 4.69) is 5.10 Å². The lowest BCUT2D eigenvalue weighted by Gasteiger charge is -2.36. The second-order valence-corrected chi connectivity index (χ2v) is 6.82. The third kappa shape index (κ3) is 3.66. The number of hydrogen-bond acceptors (Lipinski definition) is 3. The van der Waals surface area contributed by atoms with E-state index < -0.39 is 0 Å². The van der Waals surface area contributed by atoms with Crippen molar-refractivity contribution < 1.29 is 9.18 Å². The van der Waals surface area contributed by atoms with Crippen LogP contribution in [0.1, 0.15) is 10.4 Å². The maximum Gasteiger partial charge on any atom is 0.257 e. The molecule has 1 saturated heterocycles. The van der Waals surface area contributed by atoms with Crippen LogP contribution in [0.25, 0.3) is 5.69 Å². The number of nitrogens with zero attached hydrogens (tertiary/aromatic N) is 4. The number of rotatable bonds is 3. The average molecular weight is 385 g/mol. The van der Waals surface area contributed by atoms with Crippen molar-refractivity contribution in [1.82, 2.24) is 14.7 Å². The maximum absolute atomic E-state index is 13.9. The second-order valence-electron chi connectivity index (χ2n) is 6.38. The zero-order valence-corrected chi connectivity index (χ0v) is 15.3. The summed E-state index contributed by atoms with van der Waals surface area (Å²) in [6.07, 6.45) is 3.29. The molecule has 1 aliphatic rings. The Kier molecular flexibility index (Phi) is 4.81. The van der Waals surface area contributed by atoms with Gasteiger partial charge in [-0.05, 0) is 36.4 Å². The summed E-state index contributed by atoms with van der Waals surface area (Å²) >= 11 is 5.90. The molecule has 0 saturated carbocycles. The van der Waals surface area contributed by atoms with Gasteiger partial charge in [0.15, 0.2) is 0 Å². The van der Waals surface area contributed by atoms with Crippen molar-refractivity contribution in [2.24, 2.45) is 0 Å². The Hall–Kier alpha value is -2.86. The van der Waals surface area contributed by atoms with Crippen LogP contribution in [0, 0.1) is 5.82 Å². The zero-order valence-electron chi connectivity index (χ0n) is 14.6. The molecule has 0 atom stereocenters. The molecule has 7 heteroatoms. The minimum absolute atomic E-state index is 0.0663. The van der Waals surface area contributed by atoms with Crippen molar-refractivity contribution in [1.29, 1.82) is 0 Å². The molecule has 0 radical (unpaired) electrons. The number of aromatic nitrogens is 2. The van der Waals surface area contributed by atoms with Gasteiger partial charge in [-0.2, -0.15) is 5.10 Å². The predicted octanol–water partition coefficient (Wildman–Crippen LogP) is 3.63. The van der Waals surface area contributed by atoms with Crippen molar-refractivity contribution in [3.05, 3.63) is 77.3 Å². The van der Waals surface area contributed by atoms with Crippen LogP contribution in [0.5, 0.6) is 0 Å². The van der Waals surface area contributed by atoms with Gasteiger partial charge in [0.25, 0.3) is 5.91 Å². The molecule has 0 bridgehead atoms. The molecule has 5 nitrogen and oxygen atoms in total. The molecular formula is C20H18ClFN4O. The molecule has 4 rings (SSSR count). The van der Waals surface area contributed by atoms with Gasteiger partial charge < -0.3 is 9.80 Å². The van der Waals surface area contributed by atoms with E-state index in [0.717, 1.165) is 5.69 Å². The third-order valence-corrected chi connectivity index (χ3v) is 4.93. The van der Waals surface area contributed by atoms with Crippen molar-refractivity contribution in [2.75, 3.05) is 31.1 Å². The summed E-state index contributed by atoms with van der Waals surface area (Å²) in [6, 6.07) is 14.0. The topological polar surface area (TPSA) is 41.4 Å². The molecule has 2 aromatic carbocycles. The molecule has 138 valence electrons. The summed E-state index contributed by atoms with van der Waals surface area (Å²) in [4.78, 5) is 16.5. The molecule has 27 heavy (non-hydrogen) atoms. The van der Waals surface area contributed by atoms with E-state index in [-0.39, 0.29) is 11.7 Å². The largest absolute Gasteiger partial charge is 0.366 e. The number of carbonyl (C=O) groups is 1. The van der Waals surface area contributed by atoms with Gasteiger partial charge in [0.05, 0.1) is 23.1 Å². The molecule has 0 N–H and O–H groups in total. The van der Waals surface area contributed by atoms with Gasteiger partial charge in [0.1, 0.15) is 5.82 Å². The number of amides is 1. The van der Waals surface area contributed by atoms with Crippen LogP contribution in [-0.2, 0) is 0 Å². The van der Waals surface area contributed by atoms with Crippen LogP contribution in [0.3, 0.4) is 0 Å². The van der Waals surface area contributed by atoms with Crippen LogP contribution in [0.15, 0.2) is 60.9 Å². The molecule has 1 aliphatic heterocycles. The lowest BCUT2D eigenvalue weighted by Crippen LogP contribution is -2.49. The molecule has 1 aromatic heterocycles. The Morgan fingerprint density at radius 3 is 2.41 bits per heavy atom. The standard InChI is InChI=1S/C20H18ClFN4O/c21-16-5-7-17(8-6-16)26-14-15(13-23-26)20(27)25-11-9-24(10-12-25)19-4-2-1-3-18(19)22/h1-8,13-14H,9-12H2. The summed E-state index contributed by atoms with van der Waals surface area (Å²) in [5.41, 5.74) is 1.95. The molecule has 1 fully saturated rings. The van der Waals surface area contributed by atoms with Crippen LogP contribution >= 0.6 is 11.6 Å². The normalized spacial score (nSPS) is 14.4. The lowest BCUT2D eigenvalue weighted by atomic mass is 10.2. The van der Waals surface area contributed by atoms with Crippen molar-refractivity contribution in [3.63, 3.8) is 0 Å². The first-order valence-electron chi connectivity index (χ1n) is 8.71. The van der Waals surface area contributed by atoms with Gasteiger partial charge in [-0.3, -0.25) is 4.79 Å². The van der Waals surface area contributed by atoms with E-state index in [1.807, 2.05) is 23.1 Å². The summed E-state index contributed by atoms with van der Waals surface area (Å²) in [7, 11) is 0. The van der Waals surface area contributed by atoms with E-state index in [0.29, 0.717) is 42.5 Å². The number of piperazine rings is 1. The summed E-state index contributed by atoms with van der Waals surface area (Å²) in [5.74, 6) is -0.301. The summed E-state index contributed by atoms with van der Waals surface area (Å²) in [6.45, 7) is 2.27. The number of benzene rings is 2. The smallest absolute Gasteiger partial charge is 0.257 e. The third-order valence-electron chi connectivity index (χ3n) is 4.68. The van der Waals surface area contributed by atoms with Crippen molar-refractivity contribution in [3.8, 4) is 5.69 Å². The number of para-hydroxylation sites is 1. The fourth-order valence-electron chi connectivity index (χ4n) is 3.21. The van der Waals surface area contributed by atoms with Gasteiger partial charge in [-0.1, -0.05) is 23.7 Å². The average Bonchev–Trinajstić information content (AvgIpc) is 3.19. The van der Waals surface area contributed by atoms with Gasteiger partial charge >= 0.3 is 0 Å². The highest BCUT2D eigenvalue weighted by Crippen LogP contribution is 2.21. The highest BCUT2D eigenvalue weighted by molar-refractivity contribution is 6.30.